The first kappa shape index (κ1) is 22.1. The predicted octanol–water partition coefficient (Wildman–Crippen LogP) is 1.63. The molecule has 0 aliphatic heterocycles. The Morgan fingerprint density at radius 1 is 1.15 bits per heavy atom. The first-order valence-corrected chi connectivity index (χ1v) is 10.9. The van der Waals surface area contributed by atoms with Crippen LogP contribution in [0.5, 0.6) is 11.5 Å². The Kier molecular flexibility index (Phi) is 9.87. The summed E-state index contributed by atoms with van der Waals surface area (Å²) in [6.45, 7) is 3.89. The lowest BCUT2D eigenvalue weighted by atomic mass is 10.1. The fourth-order valence-corrected chi connectivity index (χ4v) is 3.07. The number of hydrogen-bond acceptors (Lipinski definition) is 5. The van der Waals surface area contributed by atoms with Gasteiger partial charge in [0.2, 0.25) is 0 Å². The Morgan fingerprint density at radius 2 is 1.85 bits per heavy atom. The van der Waals surface area contributed by atoms with Crippen LogP contribution in [0.4, 0.5) is 0 Å². The molecule has 0 unspecified atom stereocenters. The number of aryl methyl sites for hydroxylation is 1. The second-order valence-corrected chi connectivity index (χ2v) is 8.19. The molecule has 0 bridgehead atoms. The van der Waals surface area contributed by atoms with Gasteiger partial charge >= 0.3 is 0 Å². The minimum absolute atomic E-state index is 0.177. The van der Waals surface area contributed by atoms with Crippen molar-refractivity contribution < 1.29 is 17.9 Å². The molecule has 0 aliphatic carbocycles. The second kappa shape index (κ2) is 11.6. The van der Waals surface area contributed by atoms with Gasteiger partial charge in [-0.2, -0.15) is 0 Å². The summed E-state index contributed by atoms with van der Waals surface area (Å²) in [6, 6.07) is 5.98. The topological polar surface area (TPSA) is 89.0 Å². The number of benzene rings is 1. The van der Waals surface area contributed by atoms with Gasteiger partial charge in [-0.05, 0) is 43.9 Å². The quantitative estimate of drug-likeness (QED) is 0.342. The van der Waals surface area contributed by atoms with Gasteiger partial charge in [0.1, 0.15) is 9.84 Å². The fraction of sp³-hybridized carbons (Fsp3) is 0.611. The summed E-state index contributed by atoms with van der Waals surface area (Å²) in [7, 11) is 0.420. The van der Waals surface area contributed by atoms with Crippen molar-refractivity contribution in [3.63, 3.8) is 0 Å². The number of ether oxygens (including phenoxy) is 2. The van der Waals surface area contributed by atoms with E-state index < -0.39 is 9.84 Å². The van der Waals surface area contributed by atoms with E-state index in [1.807, 2.05) is 25.1 Å². The Balaban J connectivity index is 2.35. The largest absolute Gasteiger partial charge is 0.493 e. The van der Waals surface area contributed by atoms with Gasteiger partial charge in [-0.3, -0.25) is 4.99 Å². The van der Waals surface area contributed by atoms with Crippen LogP contribution >= 0.6 is 0 Å². The van der Waals surface area contributed by atoms with Crippen LogP contribution in [-0.2, 0) is 16.3 Å². The number of rotatable bonds is 11. The van der Waals surface area contributed by atoms with E-state index in [1.54, 1.807) is 14.2 Å². The van der Waals surface area contributed by atoms with Gasteiger partial charge in [0.25, 0.3) is 0 Å². The number of hydrogen-bond donors (Lipinski definition) is 2. The Bertz CT molecular complexity index is 675. The van der Waals surface area contributed by atoms with Crippen LogP contribution in [0.2, 0.25) is 0 Å². The van der Waals surface area contributed by atoms with Crippen LogP contribution in [0.1, 0.15) is 25.3 Å². The summed E-state index contributed by atoms with van der Waals surface area (Å²) >= 11 is 0. The van der Waals surface area contributed by atoms with Gasteiger partial charge < -0.3 is 20.1 Å². The molecule has 1 aromatic rings. The minimum Gasteiger partial charge on any atom is -0.493 e. The summed E-state index contributed by atoms with van der Waals surface area (Å²) in [5, 5.41) is 6.35. The highest BCUT2D eigenvalue weighted by atomic mass is 32.2. The number of nitrogens with zero attached hydrogens (tertiary/aromatic N) is 1. The minimum atomic E-state index is -2.91. The molecule has 0 saturated heterocycles. The molecule has 0 radical (unpaired) electrons. The van der Waals surface area contributed by atoms with Crippen molar-refractivity contribution in [2.24, 2.45) is 4.99 Å². The molecule has 1 aromatic carbocycles. The summed E-state index contributed by atoms with van der Waals surface area (Å²) in [4.78, 5) is 4.14. The van der Waals surface area contributed by atoms with Crippen LogP contribution in [0.25, 0.3) is 0 Å². The van der Waals surface area contributed by atoms with Crippen LogP contribution in [0, 0.1) is 0 Å². The highest BCUT2D eigenvalue weighted by Crippen LogP contribution is 2.28. The predicted molar refractivity (Wildman–Crippen MR) is 106 cm³/mol. The summed E-state index contributed by atoms with van der Waals surface area (Å²) in [6.07, 6.45) is 3.64. The molecule has 0 heterocycles. The number of sulfone groups is 1. The zero-order valence-electron chi connectivity index (χ0n) is 16.2. The van der Waals surface area contributed by atoms with E-state index in [4.69, 9.17) is 9.47 Å². The average Bonchev–Trinajstić information content (AvgIpc) is 2.60. The number of aliphatic imine (C=N–C) groups is 1. The maximum atomic E-state index is 11.1. The Morgan fingerprint density at radius 3 is 2.42 bits per heavy atom. The summed E-state index contributed by atoms with van der Waals surface area (Å²) in [5.74, 6) is 2.37. The maximum Gasteiger partial charge on any atom is 0.190 e. The Labute approximate surface area is 157 Å². The van der Waals surface area contributed by atoms with E-state index in [0.29, 0.717) is 25.5 Å². The molecule has 0 atom stereocenters. The van der Waals surface area contributed by atoms with E-state index in [0.717, 1.165) is 30.9 Å². The summed E-state index contributed by atoms with van der Waals surface area (Å²) in [5.41, 5.74) is 1.19. The van der Waals surface area contributed by atoms with Crippen molar-refractivity contribution in [1.29, 1.82) is 0 Å². The molecule has 2 N–H and O–H groups in total. The smallest absolute Gasteiger partial charge is 0.190 e. The summed E-state index contributed by atoms with van der Waals surface area (Å²) < 4.78 is 33.1. The molecule has 26 heavy (non-hydrogen) atoms. The normalized spacial score (nSPS) is 11.9. The van der Waals surface area contributed by atoms with Crippen molar-refractivity contribution >= 4 is 15.8 Å². The molecule has 0 amide bonds. The van der Waals surface area contributed by atoms with Crippen LogP contribution < -0.4 is 20.1 Å². The molecule has 0 aromatic heterocycles. The number of nitrogens with one attached hydrogen (secondary N) is 2. The fourth-order valence-electron chi connectivity index (χ4n) is 2.41. The van der Waals surface area contributed by atoms with Gasteiger partial charge in [-0.15, -0.1) is 0 Å². The molecule has 148 valence electrons. The van der Waals surface area contributed by atoms with E-state index >= 15 is 0 Å². The lowest BCUT2D eigenvalue weighted by Gasteiger charge is -2.13. The van der Waals surface area contributed by atoms with E-state index in [9.17, 15) is 8.42 Å². The first-order valence-electron chi connectivity index (χ1n) is 8.81. The van der Waals surface area contributed by atoms with E-state index in [2.05, 4.69) is 15.6 Å². The lowest BCUT2D eigenvalue weighted by Crippen LogP contribution is -2.38. The molecule has 1 rings (SSSR count). The molecule has 7 nitrogen and oxygen atoms in total. The zero-order chi connectivity index (χ0) is 19.4. The van der Waals surface area contributed by atoms with Crippen molar-refractivity contribution in [2.45, 2.75) is 26.2 Å². The van der Waals surface area contributed by atoms with Crippen LogP contribution in [0.15, 0.2) is 23.2 Å². The highest BCUT2D eigenvalue weighted by molar-refractivity contribution is 7.90. The molecule has 0 fully saturated rings. The average molecular weight is 386 g/mol. The van der Waals surface area contributed by atoms with Crippen molar-refractivity contribution in [3.8, 4) is 11.5 Å². The SMILES string of the molecule is CCOc1cc(CCCNC(=NC)NCCCS(C)(=O)=O)ccc1OC. The van der Waals surface area contributed by atoms with E-state index in [1.165, 1.54) is 11.8 Å². The van der Waals surface area contributed by atoms with Crippen molar-refractivity contribution in [1.82, 2.24) is 10.6 Å². The maximum absolute atomic E-state index is 11.1. The third kappa shape index (κ3) is 8.94. The molecule has 0 spiro atoms. The lowest BCUT2D eigenvalue weighted by molar-refractivity contribution is 0.310. The van der Waals surface area contributed by atoms with Crippen LogP contribution in [0.3, 0.4) is 0 Å². The van der Waals surface area contributed by atoms with Gasteiger partial charge in [0.15, 0.2) is 17.5 Å². The third-order valence-corrected chi connectivity index (χ3v) is 4.70. The first-order chi connectivity index (χ1) is 12.4. The van der Waals surface area contributed by atoms with E-state index in [-0.39, 0.29) is 5.75 Å². The number of methoxy groups -OCH3 is 1. The van der Waals surface area contributed by atoms with Crippen LogP contribution in [-0.4, -0.2) is 60.2 Å². The van der Waals surface area contributed by atoms with Gasteiger partial charge in [-0.1, -0.05) is 6.07 Å². The molecule has 0 saturated carbocycles. The molecule has 0 aliphatic rings. The Hall–Kier alpha value is -1.96. The van der Waals surface area contributed by atoms with Gasteiger partial charge in [-0.25, -0.2) is 8.42 Å². The zero-order valence-corrected chi connectivity index (χ0v) is 17.0. The molecule has 8 heteroatoms. The standard InChI is InChI=1S/C18H31N3O4S/c1-5-25-17-14-15(9-10-16(17)24-3)8-6-11-20-18(19-2)21-12-7-13-26(4,22)23/h9-10,14H,5-8,11-13H2,1-4H3,(H2,19,20,21). The van der Waals surface area contributed by atoms with Gasteiger partial charge in [0, 0.05) is 26.4 Å². The van der Waals surface area contributed by atoms with Crippen molar-refractivity contribution in [2.75, 3.05) is 45.9 Å². The highest BCUT2D eigenvalue weighted by Gasteiger charge is 2.06. The molecular weight excluding hydrogens is 354 g/mol. The van der Waals surface area contributed by atoms with Crippen molar-refractivity contribution in [3.05, 3.63) is 23.8 Å². The van der Waals surface area contributed by atoms with Gasteiger partial charge in [0.05, 0.1) is 19.5 Å². The molecular formula is C18H31N3O4S. The second-order valence-electron chi connectivity index (χ2n) is 5.93. The third-order valence-electron chi connectivity index (χ3n) is 3.67. The monoisotopic (exact) mass is 385 g/mol. The number of guanidine groups is 1.